The second-order valence-electron chi connectivity index (χ2n) is 6.82. The van der Waals surface area contributed by atoms with E-state index in [-0.39, 0.29) is 23.3 Å². The number of ether oxygens (including phenoxy) is 3. The second-order valence-corrected chi connectivity index (χ2v) is 8.34. The predicted molar refractivity (Wildman–Crippen MR) is 93.8 cm³/mol. The van der Waals surface area contributed by atoms with Crippen molar-refractivity contribution in [3.63, 3.8) is 0 Å². The van der Waals surface area contributed by atoms with Crippen molar-refractivity contribution in [1.82, 2.24) is 0 Å². The molecule has 1 aromatic carbocycles. The number of carbonyl (C=O) groups excluding carboxylic acids is 1. The lowest BCUT2D eigenvalue weighted by atomic mass is 10.2. The first-order chi connectivity index (χ1) is 12.7. The molecular weight excluding hydrogens is 379 g/mol. The quantitative estimate of drug-likeness (QED) is 0.355. The molecule has 1 aromatic rings. The van der Waals surface area contributed by atoms with Crippen LogP contribution >= 0.6 is 0 Å². The summed E-state index contributed by atoms with van der Waals surface area (Å²) in [5.41, 5.74) is -0.0157. The van der Waals surface area contributed by atoms with E-state index in [0.29, 0.717) is 0 Å². The molecule has 0 radical (unpaired) electrons. The molecule has 1 aliphatic carbocycles. The van der Waals surface area contributed by atoms with Crippen LogP contribution in [0.1, 0.15) is 49.9 Å². The van der Waals surface area contributed by atoms with Gasteiger partial charge in [0.15, 0.2) is 11.6 Å². The van der Waals surface area contributed by atoms with Crippen LogP contribution in [0.2, 0.25) is 0 Å². The first-order valence-corrected chi connectivity index (χ1v) is 10.5. The highest BCUT2D eigenvalue weighted by Crippen LogP contribution is 2.27. The summed E-state index contributed by atoms with van der Waals surface area (Å²) in [6, 6.07) is 3.43. The predicted octanol–water partition coefficient (Wildman–Crippen LogP) is 2.85. The highest BCUT2D eigenvalue weighted by atomic mass is 32.2. The molecule has 9 heteroatoms. The summed E-state index contributed by atoms with van der Waals surface area (Å²) in [6.45, 7) is 3.20. The van der Waals surface area contributed by atoms with Gasteiger partial charge in [-0.05, 0) is 31.0 Å². The lowest BCUT2D eigenvalue weighted by Gasteiger charge is -2.26. The summed E-state index contributed by atoms with van der Waals surface area (Å²) in [6.07, 6.45) is 3.45. The topological polar surface area (TPSA) is 102 Å². The number of hydrogen-bond donors (Lipinski definition) is 0. The van der Waals surface area contributed by atoms with Crippen molar-refractivity contribution >= 4 is 16.1 Å². The van der Waals surface area contributed by atoms with Crippen LogP contribution in [-0.4, -0.2) is 43.7 Å². The minimum absolute atomic E-state index is 0.0157. The number of esters is 1. The Morgan fingerprint density at radius 3 is 2.56 bits per heavy atom. The normalized spacial score (nSPS) is 16.5. The van der Waals surface area contributed by atoms with Crippen molar-refractivity contribution in [2.75, 3.05) is 12.4 Å². The van der Waals surface area contributed by atoms with Crippen LogP contribution in [0.15, 0.2) is 18.2 Å². The second kappa shape index (κ2) is 9.48. The average Bonchev–Trinajstić information content (AvgIpc) is 3.07. The molecule has 152 valence electrons. The zero-order chi connectivity index (χ0) is 20.0. The van der Waals surface area contributed by atoms with E-state index in [9.17, 15) is 22.2 Å². The molecule has 2 rings (SSSR count). The molecule has 1 saturated carbocycles. The van der Waals surface area contributed by atoms with Gasteiger partial charge in [0.25, 0.3) is 0 Å². The highest BCUT2D eigenvalue weighted by Gasteiger charge is 2.25. The number of carbonyl (C=O) groups is 1. The van der Waals surface area contributed by atoms with Crippen LogP contribution < -0.4 is 4.74 Å². The van der Waals surface area contributed by atoms with Crippen molar-refractivity contribution in [2.24, 2.45) is 5.92 Å². The monoisotopic (exact) mass is 403 g/mol. The van der Waals surface area contributed by atoms with Gasteiger partial charge in [-0.2, -0.15) is 0 Å². The lowest BCUT2D eigenvalue weighted by Crippen LogP contribution is -2.31. The Morgan fingerprint density at radius 1 is 1.30 bits per heavy atom. The van der Waals surface area contributed by atoms with Crippen LogP contribution in [0, 0.1) is 11.7 Å². The van der Waals surface area contributed by atoms with Gasteiger partial charge in [0.05, 0.1) is 27.5 Å². The van der Waals surface area contributed by atoms with Crippen molar-refractivity contribution in [3.8, 4) is 5.75 Å². The van der Waals surface area contributed by atoms with Crippen molar-refractivity contribution in [2.45, 2.75) is 51.9 Å². The third-order valence-corrected chi connectivity index (χ3v) is 4.82. The molecule has 7 nitrogen and oxygen atoms in total. The zero-order valence-corrected chi connectivity index (χ0v) is 16.2. The van der Waals surface area contributed by atoms with Gasteiger partial charge in [0.1, 0.15) is 6.61 Å². The molecule has 0 N–H and O–H groups in total. The van der Waals surface area contributed by atoms with Crippen molar-refractivity contribution in [3.05, 3.63) is 29.6 Å². The fourth-order valence-electron chi connectivity index (χ4n) is 2.70. The van der Waals surface area contributed by atoms with E-state index >= 15 is 0 Å². The van der Waals surface area contributed by atoms with Crippen LogP contribution in [0.5, 0.6) is 5.75 Å². The standard InChI is InChI=1S/C18H25FO7S/c1-12(2)18(25-14-5-3-4-6-14)26-16-11-13(7-8-15(16)19)17(20)24-9-10-27(21,22)23/h7-8,11-12,14,18H,3-6,9-10H2,1-2H3,(H,21,22,23)/p-1. The molecule has 1 atom stereocenters. The fourth-order valence-corrected chi connectivity index (χ4v) is 2.99. The Kier molecular flexibility index (Phi) is 7.58. The van der Waals surface area contributed by atoms with Crippen molar-refractivity contribution < 1.29 is 36.4 Å². The number of halogens is 1. The summed E-state index contributed by atoms with van der Waals surface area (Å²) in [5.74, 6) is -2.55. The van der Waals surface area contributed by atoms with Crippen LogP contribution in [0.25, 0.3) is 0 Å². The van der Waals surface area contributed by atoms with Crippen LogP contribution in [0.4, 0.5) is 4.39 Å². The van der Waals surface area contributed by atoms with E-state index in [0.717, 1.165) is 31.7 Å². The molecule has 0 bridgehead atoms. The number of rotatable bonds is 9. The van der Waals surface area contributed by atoms with Crippen LogP contribution in [0.3, 0.4) is 0 Å². The Hall–Kier alpha value is -1.71. The molecular formula is C18H24FO7S-. The van der Waals surface area contributed by atoms with Gasteiger partial charge >= 0.3 is 5.97 Å². The maximum atomic E-state index is 14.1. The van der Waals surface area contributed by atoms with Gasteiger partial charge < -0.3 is 18.8 Å². The third kappa shape index (κ3) is 7.08. The van der Waals surface area contributed by atoms with Gasteiger partial charge in [-0.1, -0.05) is 26.7 Å². The van der Waals surface area contributed by atoms with Gasteiger partial charge in [0.2, 0.25) is 6.29 Å². The molecule has 0 spiro atoms. The maximum Gasteiger partial charge on any atom is 0.338 e. The van der Waals surface area contributed by atoms with Crippen molar-refractivity contribution in [1.29, 1.82) is 0 Å². The number of hydrogen-bond acceptors (Lipinski definition) is 7. The Balaban J connectivity index is 2.04. The van der Waals surface area contributed by atoms with E-state index in [2.05, 4.69) is 0 Å². The Labute approximate surface area is 158 Å². The first kappa shape index (κ1) is 21.6. The highest BCUT2D eigenvalue weighted by molar-refractivity contribution is 7.85. The lowest BCUT2D eigenvalue weighted by molar-refractivity contribution is -0.141. The summed E-state index contributed by atoms with van der Waals surface area (Å²) < 4.78 is 62.1. The molecule has 0 amide bonds. The molecule has 0 saturated heterocycles. The summed E-state index contributed by atoms with van der Waals surface area (Å²) >= 11 is 0. The van der Waals surface area contributed by atoms with Gasteiger partial charge in [-0.15, -0.1) is 0 Å². The Bertz CT molecular complexity index is 742. The molecule has 0 heterocycles. The molecule has 1 fully saturated rings. The molecule has 1 unspecified atom stereocenters. The molecule has 0 aliphatic heterocycles. The van der Waals surface area contributed by atoms with Gasteiger partial charge in [-0.25, -0.2) is 17.6 Å². The Morgan fingerprint density at radius 2 is 1.96 bits per heavy atom. The van der Waals surface area contributed by atoms with E-state index in [1.165, 1.54) is 12.1 Å². The first-order valence-electron chi connectivity index (χ1n) is 8.88. The minimum atomic E-state index is -4.48. The van der Waals surface area contributed by atoms with E-state index in [1.807, 2.05) is 13.8 Å². The van der Waals surface area contributed by atoms with E-state index in [1.54, 1.807) is 0 Å². The van der Waals surface area contributed by atoms with E-state index < -0.39 is 40.6 Å². The van der Waals surface area contributed by atoms with Gasteiger partial charge in [-0.3, -0.25) is 0 Å². The molecule has 0 aromatic heterocycles. The van der Waals surface area contributed by atoms with Crippen LogP contribution in [-0.2, 0) is 19.6 Å². The van der Waals surface area contributed by atoms with Gasteiger partial charge in [0, 0.05) is 5.92 Å². The summed E-state index contributed by atoms with van der Waals surface area (Å²) in [5, 5.41) is 0. The largest absolute Gasteiger partial charge is 0.748 e. The maximum absolute atomic E-state index is 14.1. The number of benzene rings is 1. The SMILES string of the molecule is CC(C)C(Oc1cc(C(=O)OCCS(=O)(=O)[O-])ccc1F)OC1CCCC1. The zero-order valence-electron chi connectivity index (χ0n) is 15.4. The summed E-state index contributed by atoms with van der Waals surface area (Å²) in [7, 11) is -4.48. The average molecular weight is 403 g/mol. The smallest absolute Gasteiger partial charge is 0.338 e. The minimum Gasteiger partial charge on any atom is -0.748 e. The fraction of sp³-hybridized carbons (Fsp3) is 0.611. The van der Waals surface area contributed by atoms with E-state index in [4.69, 9.17) is 14.2 Å². The molecule has 27 heavy (non-hydrogen) atoms. The summed E-state index contributed by atoms with van der Waals surface area (Å²) in [4.78, 5) is 12.0. The molecule has 1 aliphatic rings. The third-order valence-electron chi connectivity index (χ3n) is 4.15.